The lowest BCUT2D eigenvalue weighted by Gasteiger charge is -2.40. The van der Waals surface area contributed by atoms with Gasteiger partial charge >= 0.3 is 5.97 Å². The Morgan fingerprint density at radius 3 is 2.00 bits per heavy atom. The minimum Gasteiger partial charge on any atom is -0.461 e. The fourth-order valence-electron chi connectivity index (χ4n) is 2.42. The maximum Gasteiger partial charge on any atom is 0.302 e. The lowest BCUT2D eigenvalue weighted by atomic mass is 9.73. The van der Waals surface area contributed by atoms with Gasteiger partial charge < -0.3 is 4.74 Å². The van der Waals surface area contributed by atoms with E-state index in [1.165, 1.54) is 20.8 Å². The number of carbonyl (C=O) groups is 3. The SMILES string of the molecule is CC(=O)OC1C(Br)C(Br)CC(C(C)=O)C1C(C)=O. The lowest BCUT2D eigenvalue weighted by Crippen LogP contribution is -2.51. The molecule has 0 aromatic carbocycles. The highest BCUT2D eigenvalue weighted by Crippen LogP contribution is 2.40. The Hall–Kier alpha value is -0.230. The van der Waals surface area contributed by atoms with Crippen molar-refractivity contribution in [2.75, 3.05) is 0 Å². The van der Waals surface area contributed by atoms with E-state index in [2.05, 4.69) is 31.9 Å². The molecular formula is C12H16Br2O4. The Bertz CT molecular complexity index is 369. The first-order valence-corrected chi connectivity index (χ1v) is 7.55. The predicted octanol–water partition coefficient (Wildman–Crippen LogP) is 2.26. The van der Waals surface area contributed by atoms with E-state index in [0.29, 0.717) is 6.42 Å². The van der Waals surface area contributed by atoms with Crippen LogP contribution in [0.15, 0.2) is 0 Å². The van der Waals surface area contributed by atoms with Gasteiger partial charge in [0.1, 0.15) is 17.7 Å². The second-order valence-electron chi connectivity index (χ2n) is 4.62. The van der Waals surface area contributed by atoms with Gasteiger partial charge in [0.2, 0.25) is 0 Å². The third-order valence-corrected chi connectivity index (χ3v) is 6.03. The summed E-state index contributed by atoms with van der Waals surface area (Å²) in [5, 5.41) is 0. The molecule has 1 rings (SSSR count). The van der Waals surface area contributed by atoms with Crippen LogP contribution in [0.2, 0.25) is 0 Å². The molecule has 0 heterocycles. The molecule has 0 radical (unpaired) electrons. The molecular weight excluding hydrogens is 368 g/mol. The first-order chi connectivity index (χ1) is 8.25. The molecule has 5 atom stereocenters. The van der Waals surface area contributed by atoms with Crippen LogP contribution in [0.25, 0.3) is 0 Å². The molecule has 0 spiro atoms. The van der Waals surface area contributed by atoms with Crippen molar-refractivity contribution in [3.05, 3.63) is 0 Å². The van der Waals surface area contributed by atoms with Crippen molar-refractivity contribution in [1.29, 1.82) is 0 Å². The molecule has 1 aliphatic carbocycles. The predicted molar refractivity (Wildman–Crippen MR) is 73.9 cm³/mol. The molecule has 0 aliphatic heterocycles. The monoisotopic (exact) mass is 382 g/mol. The normalized spacial score (nSPS) is 35.9. The number of esters is 1. The van der Waals surface area contributed by atoms with Crippen LogP contribution < -0.4 is 0 Å². The summed E-state index contributed by atoms with van der Waals surface area (Å²) in [6, 6.07) is 0. The first-order valence-electron chi connectivity index (χ1n) is 5.72. The second kappa shape index (κ2) is 6.28. The van der Waals surface area contributed by atoms with E-state index >= 15 is 0 Å². The minimum atomic E-state index is -0.605. The molecule has 0 amide bonds. The van der Waals surface area contributed by atoms with Crippen LogP contribution in [-0.2, 0) is 19.1 Å². The summed E-state index contributed by atoms with van der Waals surface area (Å²) in [6.07, 6.45) is -0.0418. The van der Waals surface area contributed by atoms with Gasteiger partial charge in [-0.3, -0.25) is 14.4 Å². The van der Waals surface area contributed by atoms with Crippen LogP contribution in [0.1, 0.15) is 27.2 Å². The Labute approximate surface area is 123 Å². The first kappa shape index (κ1) is 15.8. The van der Waals surface area contributed by atoms with Gasteiger partial charge in [0.15, 0.2) is 0 Å². The molecule has 6 heteroatoms. The van der Waals surface area contributed by atoms with Crippen molar-refractivity contribution in [1.82, 2.24) is 0 Å². The van der Waals surface area contributed by atoms with Gasteiger partial charge in [-0.2, -0.15) is 0 Å². The van der Waals surface area contributed by atoms with Crippen LogP contribution in [0, 0.1) is 11.8 Å². The van der Waals surface area contributed by atoms with E-state index in [4.69, 9.17) is 4.74 Å². The molecule has 1 aliphatic rings. The van der Waals surface area contributed by atoms with E-state index in [0.717, 1.165) is 0 Å². The summed E-state index contributed by atoms with van der Waals surface area (Å²) in [5.74, 6) is -1.57. The van der Waals surface area contributed by atoms with Crippen LogP contribution in [0.4, 0.5) is 0 Å². The molecule has 5 unspecified atom stereocenters. The number of Topliss-reactive ketones (excluding diaryl/α,β-unsaturated/α-hetero) is 2. The van der Waals surface area contributed by atoms with Gasteiger partial charge in [0, 0.05) is 17.7 Å². The maximum absolute atomic E-state index is 11.8. The molecule has 0 aromatic rings. The highest BCUT2D eigenvalue weighted by atomic mass is 79.9. The Kier molecular flexibility index (Phi) is 5.52. The summed E-state index contributed by atoms with van der Waals surface area (Å²) >= 11 is 6.91. The fourth-order valence-corrected chi connectivity index (χ4v) is 3.77. The van der Waals surface area contributed by atoms with Crippen molar-refractivity contribution in [2.24, 2.45) is 11.8 Å². The topological polar surface area (TPSA) is 60.4 Å². The van der Waals surface area contributed by atoms with Crippen molar-refractivity contribution in [3.8, 4) is 0 Å². The zero-order valence-corrected chi connectivity index (χ0v) is 13.7. The molecule has 1 saturated carbocycles. The molecule has 4 nitrogen and oxygen atoms in total. The van der Waals surface area contributed by atoms with Crippen molar-refractivity contribution < 1.29 is 19.1 Å². The van der Waals surface area contributed by atoms with Gasteiger partial charge in [0.25, 0.3) is 0 Å². The van der Waals surface area contributed by atoms with Gasteiger partial charge in [-0.25, -0.2) is 0 Å². The average molecular weight is 384 g/mol. The fraction of sp³-hybridized carbons (Fsp3) is 0.750. The molecule has 0 bridgehead atoms. The summed E-state index contributed by atoms with van der Waals surface area (Å²) < 4.78 is 5.24. The van der Waals surface area contributed by atoms with Crippen LogP contribution in [0.3, 0.4) is 0 Å². The molecule has 102 valence electrons. The largest absolute Gasteiger partial charge is 0.461 e. The van der Waals surface area contributed by atoms with Crippen LogP contribution >= 0.6 is 31.9 Å². The zero-order valence-electron chi connectivity index (χ0n) is 10.5. The minimum absolute atomic E-state index is 0.00801. The molecule has 0 N–H and O–H groups in total. The van der Waals surface area contributed by atoms with Gasteiger partial charge in [-0.15, -0.1) is 0 Å². The number of rotatable bonds is 3. The molecule has 18 heavy (non-hydrogen) atoms. The van der Waals surface area contributed by atoms with E-state index in [1.807, 2.05) is 0 Å². The highest BCUT2D eigenvalue weighted by Gasteiger charge is 2.48. The Morgan fingerprint density at radius 1 is 1.06 bits per heavy atom. The molecule has 1 fully saturated rings. The van der Waals surface area contributed by atoms with Crippen LogP contribution in [0.5, 0.6) is 0 Å². The van der Waals surface area contributed by atoms with E-state index in [1.54, 1.807) is 0 Å². The van der Waals surface area contributed by atoms with E-state index in [-0.39, 0.29) is 21.2 Å². The van der Waals surface area contributed by atoms with E-state index < -0.39 is 23.9 Å². The number of ketones is 2. The summed E-state index contributed by atoms with van der Waals surface area (Å²) in [5.41, 5.74) is 0. The average Bonchev–Trinajstić information content (AvgIpc) is 2.22. The van der Waals surface area contributed by atoms with Crippen molar-refractivity contribution in [2.45, 2.75) is 43.0 Å². The van der Waals surface area contributed by atoms with Crippen LogP contribution in [-0.4, -0.2) is 33.3 Å². The van der Waals surface area contributed by atoms with Gasteiger partial charge in [-0.1, -0.05) is 31.9 Å². The number of hydrogen-bond acceptors (Lipinski definition) is 4. The van der Waals surface area contributed by atoms with E-state index in [9.17, 15) is 14.4 Å². The van der Waals surface area contributed by atoms with Crippen molar-refractivity contribution >= 4 is 49.4 Å². The standard InChI is InChI=1S/C12H16Br2O4/c1-5(15)8-4-9(13)11(14)12(18-7(3)17)10(8)6(2)16/h8-12H,4H2,1-3H3. The van der Waals surface area contributed by atoms with Gasteiger partial charge in [0.05, 0.1) is 10.7 Å². The number of ether oxygens (including phenoxy) is 1. The number of hydrogen-bond donors (Lipinski definition) is 0. The van der Waals surface area contributed by atoms with Crippen molar-refractivity contribution in [3.63, 3.8) is 0 Å². The summed E-state index contributed by atoms with van der Waals surface area (Å²) in [4.78, 5) is 34.4. The number of halogens is 2. The quantitative estimate of drug-likeness (QED) is 0.554. The Morgan fingerprint density at radius 2 is 1.61 bits per heavy atom. The third-order valence-electron chi connectivity index (χ3n) is 3.22. The molecule has 0 aromatic heterocycles. The van der Waals surface area contributed by atoms with Gasteiger partial charge in [-0.05, 0) is 20.3 Å². The number of carbonyl (C=O) groups excluding carboxylic acids is 3. The third kappa shape index (κ3) is 3.41. The molecule has 0 saturated heterocycles. The number of alkyl halides is 2. The lowest BCUT2D eigenvalue weighted by molar-refractivity contribution is -0.156. The Balaban J connectivity index is 3.08. The smallest absolute Gasteiger partial charge is 0.302 e. The highest BCUT2D eigenvalue weighted by molar-refractivity contribution is 9.12. The summed E-state index contributed by atoms with van der Waals surface area (Å²) in [6.45, 7) is 4.21. The summed E-state index contributed by atoms with van der Waals surface area (Å²) in [7, 11) is 0. The zero-order chi connectivity index (χ0) is 14.0. The maximum atomic E-state index is 11.8. The second-order valence-corrected chi connectivity index (χ2v) is 6.86.